The van der Waals surface area contributed by atoms with Crippen LogP contribution in [0.25, 0.3) is 0 Å². The number of rotatable bonds is 0. The monoisotopic (exact) mass is 175 g/mol. The zero-order valence-electron chi connectivity index (χ0n) is 5.02. The van der Waals surface area contributed by atoms with Gasteiger partial charge in [0.1, 0.15) is 0 Å². The molecule has 7 heavy (non-hydrogen) atoms. The van der Waals surface area contributed by atoms with Gasteiger partial charge in [-0.25, -0.2) is 0 Å². The van der Waals surface area contributed by atoms with E-state index in [0.717, 1.165) is 5.57 Å². The molecular weight excluding hydrogens is 165 g/mol. The second kappa shape index (κ2) is 4.79. The van der Waals surface area contributed by atoms with Gasteiger partial charge in [0.15, 0.2) is 0 Å². The van der Waals surface area contributed by atoms with Crippen LogP contribution in [0.15, 0.2) is 11.3 Å². The Labute approximate surface area is 69.7 Å². The fraction of sp³-hybridized carbons (Fsp3) is 0.600. The molecule has 0 atom stereocenters. The summed E-state index contributed by atoms with van der Waals surface area (Å²) in [5, 5.41) is 8.51. The molecule has 0 aliphatic carbocycles. The van der Waals surface area contributed by atoms with Gasteiger partial charge in [-0.15, -0.1) is 0 Å². The largest absolute Gasteiger partial charge is 0.513 e. The molecule has 0 spiro atoms. The third-order valence-corrected chi connectivity index (χ3v) is 0.724. The Morgan fingerprint density at radius 1 is 1.14 bits per heavy atom. The van der Waals surface area contributed by atoms with Crippen molar-refractivity contribution in [1.82, 2.24) is 0 Å². The molecule has 2 heteroatoms. The maximum Gasteiger partial charge on any atom is 0.0878 e. The van der Waals surface area contributed by atoms with Gasteiger partial charge in [-0.05, 0) is 26.3 Å². The Bertz CT molecular complexity index is 58.1. The van der Waals surface area contributed by atoms with Crippen LogP contribution in [0.1, 0.15) is 20.8 Å². The van der Waals surface area contributed by atoms with E-state index in [1.54, 1.807) is 6.92 Å². The smallest absolute Gasteiger partial charge is 0.0878 e. The SMILES string of the molecule is CC(C)=C(C)O.[Y]. The Kier molecular flexibility index (Phi) is 7.26. The molecule has 39 valence electrons. The summed E-state index contributed by atoms with van der Waals surface area (Å²) in [4.78, 5) is 0. The fourth-order valence-electron chi connectivity index (χ4n) is 0. The van der Waals surface area contributed by atoms with Crippen LogP contribution in [0.4, 0.5) is 0 Å². The van der Waals surface area contributed by atoms with Gasteiger partial charge in [-0.3, -0.25) is 0 Å². The first-order valence-corrected chi connectivity index (χ1v) is 1.97. The average Bonchev–Trinajstić information content (AvgIpc) is 1.36. The Morgan fingerprint density at radius 2 is 1.29 bits per heavy atom. The van der Waals surface area contributed by atoms with E-state index in [1.165, 1.54) is 0 Å². The third-order valence-electron chi connectivity index (χ3n) is 0.724. The van der Waals surface area contributed by atoms with Crippen molar-refractivity contribution in [3.05, 3.63) is 11.3 Å². The van der Waals surface area contributed by atoms with Gasteiger partial charge in [0, 0.05) is 32.7 Å². The molecule has 0 aliphatic heterocycles. The standard InChI is InChI=1S/C5H10O.Y/c1-4(2)5(3)6;/h6H,1-3H3;. The van der Waals surface area contributed by atoms with Gasteiger partial charge >= 0.3 is 0 Å². The van der Waals surface area contributed by atoms with E-state index in [0.29, 0.717) is 5.76 Å². The Morgan fingerprint density at radius 3 is 1.29 bits per heavy atom. The summed E-state index contributed by atoms with van der Waals surface area (Å²) in [6.45, 7) is 5.42. The summed E-state index contributed by atoms with van der Waals surface area (Å²) in [6.07, 6.45) is 0. The van der Waals surface area contributed by atoms with Crippen molar-refractivity contribution >= 4 is 0 Å². The minimum Gasteiger partial charge on any atom is -0.513 e. The van der Waals surface area contributed by atoms with E-state index in [4.69, 9.17) is 5.11 Å². The van der Waals surface area contributed by atoms with E-state index >= 15 is 0 Å². The molecule has 1 radical (unpaired) electrons. The maximum atomic E-state index is 8.51. The molecule has 0 aliphatic rings. The zero-order valence-corrected chi connectivity index (χ0v) is 7.86. The van der Waals surface area contributed by atoms with E-state index < -0.39 is 0 Å². The molecule has 0 rings (SSSR count). The molecule has 0 saturated carbocycles. The van der Waals surface area contributed by atoms with Crippen LogP contribution in [0.3, 0.4) is 0 Å². The second-order valence-corrected chi connectivity index (χ2v) is 1.59. The van der Waals surface area contributed by atoms with Crippen molar-refractivity contribution in [3.8, 4) is 0 Å². The predicted molar refractivity (Wildman–Crippen MR) is 26.7 cm³/mol. The van der Waals surface area contributed by atoms with Crippen molar-refractivity contribution in [2.24, 2.45) is 0 Å². The topological polar surface area (TPSA) is 20.2 Å². The van der Waals surface area contributed by atoms with Crippen LogP contribution < -0.4 is 0 Å². The molecule has 0 aromatic carbocycles. The van der Waals surface area contributed by atoms with Gasteiger partial charge in [0.05, 0.1) is 5.76 Å². The summed E-state index contributed by atoms with van der Waals surface area (Å²) < 4.78 is 0. The van der Waals surface area contributed by atoms with Crippen LogP contribution in [0.2, 0.25) is 0 Å². The van der Waals surface area contributed by atoms with E-state index in [1.807, 2.05) is 13.8 Å². The van der Waals surface area contributed by atoms with Crippen molar-refractivity contribution < 1.29 is 37.8 Å². The number of hydrogen-bond donors (Lipinski definition) is 1. The van der Waals surface area contributed by atoms with Crippen molar-refractivity contribution in [3.63, 3.8) is 0 Å². The minimum atomic E-state index is 0. The number of allylic oxidation sites excluding steroid dienone is 2. The van der Waals surface area contributed by atoms with E-state index in [-0.39, 0.29) is 32.7 Å². The molecule has 0 heterocycles. The summed E-state index contributed by atoms with van der Waals surface area (Å²) in [5.74, 6) is 0.426. The first-order chi connectivity index (χ1) is 2.64. The van der Waals surface area contributed by atoms with E-state index in [9.17, 15) is 0 Å². The Hall–Kier alpha value is 0.644. The van der Waals surface area contributed by atoms with Gasteiger partial charge < -0.3 is 5.11 Å². The molecule has 0 saturated heterocycles. The Balaban J connectivity index is 0. The number of aliphatic hydroxyl groups is 1. The van der Waals surface area contributed by atoms with E-state index in [2.05, 4.69) is 0 Å². The van der Waals surface area contributed by atoms with Crippen molar-refractivity contribution in [1.29, 1.82) is 0 Å². The minimum absolute atomic E-state index is 0. The van der Waals surface area contributed by atoms with Crippen molar-refractivity contribution in [2.75, 3.05) is 0 Å². The van der Waals surface area contributed by atoms with Crippen LogP contribution in [0, 0.1) is 0 Å². The summed E-state index contributed by atoms with van der Waals surface area (Å²) in [5.41, 5.74) is 0.981. The van der Waals surface area contributed by atoms with Gasteiger partial charge in [0.2, 0.25) is 0 Å². The van der Waals surface area contributed by atoms with Crippen LogP contribution in [-0.2, 0) is 32.7 Å². The first-order valence-electron chi connectivity index (χ1n) is 1.97. The number of hydrogen-bond acceptors (Lipinski definition) is 1. The van der Waals surface area contributed by atoms with Crippen LogP contribution in [-0.4, -0.2) is 5.11 Å². The quantitative estimate of drug-likeness (QED) is 0.557. The average molecular weight is 175 g/mol. The van der Waals surface area contributed by atoms with Crippen LogP contribution >= 0.6 is 0 Å². The third kappa shape index (κ3) is 6.64. The molecule has 0 aromatic rings. The zero-order chi connectivity index (χ0) is 5.15. The molecule has 0 bridgehead atoms. The molecule has 1 N–H and O–H groups in total. The summed E-state index contributed by atoms with van der Waals surface area (Å²) in [6, 6.07) is 0. The molecule has 0 aromatic heterocycles. The van der Waals surface area contributed by atoms with Crippen molar-refractivity contribution in [2.45, 2.75) is 20.8 Å². The molecule has 0 unspecified atom stereocenters. The normalized spacial score (nSPS) is 6.71. The van der Waals surface area contributed by atoms with Gasteiger partial charge in [-0.2, -0.15) is 0 Å². The molecule has 1 nitrogen and oxygen atoms in total. The number of aliphatic hydroxyl groups excluding tert-OH is 1. The fourth-order valence-corrected chi connectivity index (χ4v) is 0. The summed E-state index contributed by atoms with van der Waals surface area (Å²) in [7, 11) is 0. The maximum absolute atomic E-state index is 8.51. The van der Waals surface area contributed by atoms with Gasteiger partial charge in [0.25, 0.3) is 0 Å². The molecule has 0 amide bonds. The summed E-state index contributed by atoms with van der Waals surface area (Å²) >= 11 is 0. The van der Waals surface area contributed by atoms with Crippen LogP contribution in [0.5, 0.6) is 0 Å². The molecule has 0 fully saturated rings. The molecular formula is C5H10OY. The van der Waals surface area contributed by atoms with Gasteiger partial charge in [-0.1, -0.05) is 0 Å². The second-order valence-electron chi connectivity index (χ2n) is 1.59. The first kappa shape index (κ1) is 10.6. The predicted octanol–water partition coefficient (Wildman–Crippen LogP) is 1.86.